The van der Waals surface area contributed by atoms with Crippen molar-refractivity contribution in [1.29, 1.82) is 0 Å². The van der Waals surface area contributed by atoms with Crippen LogP contribution < -0.4 is 14.4 Å². The average Bonchev–Trinajstić information content (AvgIpc) is 2.93. The summed E-state index contributed by atoms with van der Waals surface area (Å²) in [4.78, 5) is 29.0. The smallest absolute Gasteiger partial charge is 0.264 e. The molecule has 3 aromatic rings. The van der Waals surface area contributed by atoms with Crippen LogP contribution in [0.25, 0.3) is 0 Å². The van der Waals surface area contributed by atoms with Crippen molar-refractivity contribution in [3.05, 3.63) is 89.4 Å². The fraction of sp³-hybridized carbons (Fsp3) is 0.355. The van der Waals surface area contributed by atoms with Gasteiger partial charge in [0.05, 0.1) is 17.7 Å². The van der Waals surface area contributed by atoms with E-state index >= 15 is 0 Å². The fourth-order valence-corrected chi connectivity index (χ4v) is 6.04. The van der Waals surface area contributed by atoms with E-state index in [1.165, 1.54) is 30.2 Å². The molecule has 0 saturated heterocycles. The molecule has 0 bridgehead atoms. The molecule has 3 rings (SSSR count). The van der Waals surface area contributed by atoms with E-state index in [1.54, 1.807) is 30.3 Å². The maximum atomic E-state index is 14.1. The monoisotopic (exact) mass is 599 g/mol. The average molecular weight is 600 g/mol. The number of nitrogens with zero attached hydrogens (tertiary/aromatic N) is 2. The molecule has 0 heterocycles. The summed E-state index contributed by atoms with van der Waals surface area (Å²) in [6.45, 7) is 7.08. The predicted octanol–water partition coefficient (Wildman–Crippen LogP) is 5.31. The first-order valence-electron chi connectivity index (χ1n) is 13.4. The van der Waals surface area contributed by atoms with Crippen LogP contribution in [0.4, 0.5) is 5.69 Å². The molecule has 41 heavy (non-hydrogen) atoms. The maximum Gasteiger partial charge on any atom is 0.264 e. The number of carbonyl (C=O) groups excluding carboxylic acids is 2. The van der Waals surface area contributed by atoms with Gasteiger partial charge in [-0.05, 0) is 69.5 Å². The summed E-state index contributed by atoms with van der Waals surface area (Å²) in [6.07, 6.45) is 0.826. The Kier molecular flexibility index (Phi) is 10.8. The number of rotatable bonds is 12. The van der Waals surface area contributed by atoms with Gasteiger partial charge in [-0.15, -0.1) is 0 Å². The number of hydrogen-bond acceptors (Lipinski definition) is 5. The van der Waals surface area contributed by atoms with Crippen molar-refractivity contribution >= 4 is 39.1 Å². The molecule has 220 valence electrons. The molecule has 2 amide bonds. The minimum absolute atomic E-state index is 0.00295. The van der Waals surface area contributed by atoms with Gasteiger partial charge >= 0.3 is 0 Å². The minimum Gasteiger partial charge on any atom is -0.495 e. The van der Waals surface area contributed by atoms with Crippen LogP contribution >= 0.6 is 11.6 Å². The van der Waals surface area contributed by atoms with Crippen LogP contribution in [0.2, 0.25) is 5.02 Å². The third-order valence-corrected chi connectivity index (χ3v) is 8.40. The highest BCUT2D eigenvalue weighted by Crippen LogP contribution is 2.35. The van der Waals surface area contributed by atoms with Gasteiger partial charge in [-0.3, -0.25) is 13.9 Å². The van der Waals surface area contributed by atoms with E-state index in [1.807, 2.05) is 58.0 Å². The standard InChI is InChI=1S/C31H38ClN3O5S/c1-6-26(30(37)33-31(2,3)4)34(20-19-23-13-9-7-10-14-23)29(36)22-35(27-21-24(32)17-18-28(27)40-5)41(38,39)25-15-11-8-12-16-25/h7-18,21,26H,6,19-20,22H2,1-5H3,(H,33,37). The van der Waals surface area contributed by atoms with Gasteiger partial charge in [-0.2, -0.15) is 0 Å². The molecule has 0 aliphatic rings. The molecule has 1 N–H and O–H groups in total. The highest BCUT2D eigenvalue weighted by atomic mass is 35.5. The molecule has 8 nitrogen and oxygen atoms in total. The molecule has 1 unspecified atom stereocenters. The summed E-state index contributed by atoms with van der Waals surface area (Å²) in [5.74, 6) is -0.604. The molecule has 0 radical (unpaired) electrons. The summed E-state index contributed by atoms with van der Waals surface area (Å²) in [6, 6.07) is 21.2. The highest BCUT2D eigenvalue weighted by molar-refractivity contribution is 7.92. The van der Waals surface area contributed by atoms with Crippen molar-refractivity contribution in [3.8, 4) is 5.75 Å². The van der Waals surface area contributed by atoms with E-state index < -0.39 is 34.1 Å². The molecule has 0 saturated carbocycles. The lowest BCUT2D eigenvalue weighted by Gasteiger charge is -2.35. The van der Waals surface area contributed by atoms with Crippen LogP contribution in [0.5, 0.6) is 5.75 Å². The number of nitrogens with one attached hydrogen (secondary N) is 1. The molecule has 3 aromatic carbocycles. The highest BCUT2D eigenvalue weighted by Gasteiger charge is 2.35. The number of methoxy groups -OCH3 is 1. The first-order chi connectivity index (χ1) is 19.4. The zero-order valence-corrected chi connectivity index (χ0v) is 25.7. The lowest BCUT2D eigenvalue weighted by atomic mass is 10.1. The van der Waals surface area contributed by atoms with Crippen molar-refractivity contribution < 1.29 is 22.7 Å². The Morgan fingerprint density at radius 2 is 1.59 bits per heavy atom. The van der Waals surface area contributed by atoms with E-state index in [4.69, 9.17) is 16.3 Å². The van der Waals surface area contributed by atoms with Crippen molar-refractivity contribution in [3.63, 3.8) is 0 Å². The number of amides is 2. The first kappa shape index (κ1) is 32.0. The number of halogens is 1. The molecular formula is C31H38ClN3O5S. The lowest BCUT2D eigenvalue weighted by Crippen LogP contribution is -2.56. The third kappa shape index (κ3) is 8.47. The Morgan fingerprint density at radius 3 is 2.15 bits per heavy atom. The van der Waals surface area contributed by atoms with Crippen LogP contribution in [0.3, 0.4) is 0 Å². The van der Waals surface area contributed by atoms with Crippen molar-refractivity contribution in [2.24, 2.45) is 0 Å². The molecule has 0 spiro atoms. The number of benzene rings is 3. The van der Waals surface area contributed by atoms with Gasteiger partial charge in [0.1, 0.15) is 18.3 Å². The number of ether oxygens (including phenoxy) is 1. The Morgan fingerprint density at radius 1 is 0.976 bits per heavy atom. The fourth-order valence-electron chi connectivity index (χ4n) is 4.44. The normalized spacial score (nSPS) is 12.3. The summed E-state index contributed by atoms with van der Waals surface area (Å²) in [5.41, 5.74) is 0.587. The third-order valence-electron chi connectivity index (χ3n) is 6.39. The largest absolute Gasteiger partial charge is 0.495 e. The predicted molar refractivity (Wildman–Crippen MR) is 163 cm³/mol. The second-order valence-corrected chi connectivity index (χ2v) is 12.9. The van der Waals surface area contributed by atoms with Gasteiger partial charge in [0.25, 0.3) is 10.0 Å². The van der Waals surface area contributed by atoms with E-state index in [9.17, 15) is 18.0 Å². The Bertz CT molecular complexity index is 1430. The van der Waals surface area contributed by atoms with Gasteiger partial charge in [-0.1, -0.05) is 67.1 Å². The Labute approximate surface area is 248 Å². The molecule has 0 fully saturated rings. The zero-order chi connectivity index (χ0) is 30.2. The Hall–Kier alpha value is -3.56. The van der Waals surface area contributed by atoms with E-state index in [2.05, 4.69) is 5.32 Å². The molecule has 0 aliphatic heterocycles. The number of anilines is 1. The van der Waals surface area contributed by atoms with Crippen molar-refractivity contribution in [2.75, 3.05) is 24.5 Å². The maximum absolute atomic E-state index is 14.1. The van der Waals surface area contributed by atoms with Crippen LogP contribution in [0.15, 0.2) is 83.8 Å². The SMILES string of the molecule is CCC(C(=O)NC(C)(C)C)N(CCc1ccccc1)C(=O)CN(c1cc(Cl)ccc1OC)S(=O)(=O)c1ccccc1. The second-order valence-electron chi connectivity index (χ2n) is 10.6. The molecule has 1 atom stereocenters. The Balaban J connectivity index is 2.08. The van der Waals surface area contributed by atoms with E-state index in [0.717, 1.165) is 9.87 Å². The molecule has 10 heteroatoms. The van der Waals surface area contributed by atoms with Crippen LogP contribution in [0, 0.1) is 0 Å². The lowest BCUT2D eigenvalue weighted by molar-refractivity contribution is -0.140. The first-order valence-corrected chi connectivity index (χ1v) is 15.3. The summed E-state index contributed by atoms with van der Waals surface area (Å²) in [5, 5.41) is 3.24. The number of hydrogen-bond donors (Lipinski definition) is 1. The van der Waals surface area contributed by atoms with E-state index in [0.29, 0.717) is 12.8 Å². The van der Waals surface area contributed by atoms with Gasteiger partial charge in [0.2, 0.25) is 11.8 Å². The summed E-state index contributed by atoms with van der Waals surface area (Å²) in [7, 11) is -2.82. The number of sulfonamides is 1. The minimum atomic E-state index is -4.23. The molecule has 0 aromatic heterocycles. The quantitative estimate of drug-likeness (QED) is 0.304. The zero-order valence-electron chi connectivity index (χ0n) is 24.1. The molecular weight excluding hydrogens is 562 g/mol. The number of carbonyl (C=O) groups is 2. The second kappa shape index (κ2) is 13.9. The topological polar surface area (TPSA) is 96.0 Å². The summed E-state index contributed by atoms with van der Waals surface area (Å²) < 4.78 is 34.4. The van der Waals surface area contributed by atoms with Crippen LogP contribution in [0.1, 0.15) is 39.7 Å². The summed E-state index contributed by atoms with van der Waals surface area (Å²) >= 11 is 6.28. The van der Waals surface area contributed by atoms with Gasteiger partial charge < -0.3 is 15.0 Å². The molecule has 0 aliphatic carbocycles. The van der Waals surface area contributed by atoms with Crippen LogP contribution in [-0.2, 0) is 26.0 Å². The van der Waals surface area contributed by atoms with E-state index in [-0.39, 0.29) is 33.8 Å². The van der Waals surface area contributed by atoms with Crippen molar-refractivity contribution in [1.82, 2.24) is 10.2 Å². The van der Waals surface area contributed by atoms with Crippen molar-refractivity contribution in [2.45, 2.75) is 57.0 Å². The van der Waals surface area contributed by atoms with Gasteiger partial charge in [0, 0.05) is 17.1 Å². The van der Waals surface area contributed by atoms with Gasteiger partial charge in [0.15, 0.2) is 0 Å². The van der Waals surface area contributed by atoms with Crippen LogP contribution in [-0.4, -0.2) is 56.9 Å². The van der Waals surface area contributed by atoms with Gasteiger partial charge in [-0.25, -0.2) is 8.42 Å².